The van der Waals surface area contributed by atoms with E-state index in [0.717, 1.165) is 35.2 Å². The van der Waals surface area contributed by atoms with E-state index in [2.05, 4.69) is 35.4 Å². The number of nitrogens with one attached hydrogen (secondary N) is 1. The van der Waals surface area contributed by atoms with Crippen molar-refractivity contribution in [3.05, 3.63) is 54.2 Å². The summed E-state index contributed by atoms with van der Waals surface area (Å²) in [5.74, 6) is 0.548. The van der Waals surface area contributed by atoms with E-state index in [1.807, 2.05) is 18.2 Å². The highest BCUT2D eigenvalue weighted by Crippen LogP contribution is 2.35. The molecule has 0 atom stereocenters. The van der Waals surface area contributed by atoms with Gasteiger partial charge < -0.3 is 10.7 Å². The summed E-state index contributed by atoms with van der Waals surface area (Å²) in [7, 11) is -3.09. The van der Waals surface area contributed by atoms with Crippen LogP contribution in [-0.2, 0) is 10.0 Å². The zero-order valence-corrected chi connectivity index (χ0v) is 16.3. The van der Waals surface area contributed by atoms with Crippen molar-refractivity contribution in [2.75, 3.05) is 24.6 Å². The second-order valence-electron chi connectivity index (χ2n) is 7.20. The molecular formula is C21H25N3O2S. The summed E-state index contributed by atoms with van der Waals surface area (Å²) < 4.78 is 25.8. The SMILES string of the molecule is CCS(=O)(=O)N1CCC(c2c[nH]c3ccc(-c4cccc(N)c4)cc23)CC1. The number of sulfonamides is 1. The normalized spacial score (nSPS) is 16.8. The maximum Gasteiger partial charge on any atom is 0.213 e. The summed E-state index contributed by atoms with van der Waals surface area (Å²) in [5, 5.41) is 1.21. The Morgan fingerprint density at radius 1 is 1.11 bits per heavy atom. The number of aromatic amines is 1. The number of H-pyrrole nitrogens is 1. The Hall–Kier alpha value is -2.31. The third-order valence-electron chi connectivity index (χ3n) is 5.59. The van der Waals surface area contributed by atoms with Crippen LogP contribution in [0.25, 0.3) is 22.0 Å². The Morgan fingerprint density at radius 3 is 2.56 bits per heavy atom. The lowest BCUT2D eigenvalue weighted by Gasteiger charge is -2.30. The number of anilines is 1. The van der Waals surface area contributed by atoms with Crippen molar-refractivity contribution in [1.29, 1.82) is 0 Å². The van der Waals surface area contributed by atoms with Gasteiger partial charge >= 0.3 is 0 Å². The average Bonchev–Trinajstić information content (AvgIpc) is 3.11. The smallest absolute Gasteiger partial charge is 0.213 e. The van der Waals surface area contributed by atoms with E-state index in [1.54, 1.807) is 11.2 Å². The number of benzene rings is 2. The summed E-state index contributed by atoms with van der Waals surface area (Å²) >= 11 is 0. The summed E-state index contributed by atoms with van der Waals surface area (Å²) in [5.41, 5.74) is 11.3. The van der Waals surface area contributed by atoms with Crippen LogP contribution in [0, 0.1) is 0 Å². The fourth-order valence-corrected chi connectivity index (χ4v) is 5.14. The zero-order valence-electron chi connectivity index (χ0n) is 15.5. The van der Waals surface area contributed by atoms with Crippen molar-refractivity contribution in [3.63, 3.8) is 0 Å². The Labute approximate surface area is 160 Å². The Morgan fingerprint density at radius 2 is 1.85 bits per heavy atom. The molecule has 4 rings (SSSR count). The van der Waals surface area contributed by atoms with Crippen molar-refractivity contribution in [2.45, 2.75) is 25.7 Å². The molecular weight excluding hydrogens is 358 g/mol. The summed E-state index contributed by atoms with van der Waals surface area (Å²) in [6.07, 6.45) is 3.80. The van der Waals surface area contributed by atoms with E-state index in [-0.39, 0.29) is 5.75 Å². The van der Waals surface area contributed by atoms with Gasteiger partial charge in [-0.25, -0.2) is 12.7 Å². The van der Waals surface area contributed by atoms with Gasteiger partial charge in [-0.3, -0.25) is 0 Å². The van der Waals surface area contributed by atoms with Crippen LogP contribution in [0.2, 0.25) is 0 Å². The third-order valence-corrected chi connectivity index (χ3v) is 7.47. The molecule has 0 bridgehead atoms. The summed E-state index contributed by atoms with van der Waals surface area (Å²) in [6.45, 7) is 2.91. The van der Waals surface area contributed by atoms with Crippen molar-refractivity contribution in [1.82, 2.24) is 9.29 Å². The van der Waals surface area contributed by atoms with Gasteiger partial charge in [-0.2, -0.15) is 0 Å². The van der Waals surface area contributed by atoms with Crippen molar-refractivity contribution in [3.8, 4) is 11.1 Å². The number of piperidine rings is 1. The summed E-state index contributed by atoms with van der Waals surface area (Å²) in [6, 6.07) is 14.3. The maximum atomic E-state index is 12.1. The molecule has 0 unspecified atom stereocenters. The molecule has 0 saturated carbocycles. The molecule has 1 aliphatic rings. The van der Waals surface area contributed by atoms with E-state index >= 15 is 0 Å². The second kappa shape index (κ2) is 7.02. The van der Waals surface area contributed by atoms with E-state index < -0.39 is 10.0 Å². The minimum Gasteiger partial charge on any atom is -0.399 e. The van der Waals surface area contributed by atoms with Crippen molar-refractivity contribution in [2.24, 2.45) is 0 Å². The van der Waals surface area contributed by atoms with Crippen LogP contribution in [0.15, 0.2) is 48.7 Å². The Balaban J connectivity index is 1.63. The maximum absolute atomic E-state index is 12.1. The number of nitrogens with two attached hydrogens (primary N) is 1. The first kappa shape index (κ1) is 18.1. The predicted octanol–water partition coefficient (Wildman–Crippen LogP) is 3.95. The van der Waals surface area contributed by atoms with E-state index in [1.165, 1.54) is 10.9 Å². The molecule has 27 heavy (non-hydrogen) atoms. The quantitative estimate of drug-likeness (QED) is 0.670. The molecule has 3 N–H and O–H groups in total. The predicted molar refractivity (Wildman–Crippen MR) is 111 cm³/mol. The van der Waals surface area contributed by atoms with E-state index in [0.29, 0.717) is 19.0 Å². The van der Waals surface area contributed by atoms with Crippen LogP contribution in [-0.4, -0.2) is 36.5 Å². The molecule has 1 aromatic heterocycles. The summed E-state index contributed by atoms with van der Waals surface area (Å²) in [4.78, 5) is 3.37. The first-order valence-electron chi connectivity index (χ1n) is 9.42. The number of rotatable bonds is 4. The molecule has 1 saturated heterocycles. The van der Waals surface area contributed by atoms with Gasteiger partial charge in [0.15, 0.2) is 0 Å². The monoisotopic (exact) mass is 383 g/mol. The molecule has 5 nitrogen and oxygen atoms in total. The third kappa shape index (κ3) is 3.47. The van der Waals surface area contributed by atoms with Crippen LogP contribution in [0.3, 0.4) is 0 Å². The molecule has 2 heterocycles. The minimum atomic E-state index is -3.09. The van der Waals surface area contributed by atoms with Gasteiger partial charge in [0.05, 0.1) is 5.75 Å². The van der Waals surface area contributed by atoms with Gasteiger partial charge in [0.2, 0.25) is 10.0 Å². The second-order valence-corrected chi connectivity index (χ2v) is 9.46. The van der Waals surface area contributed by atoms with E-state index in [9.17, 15) is 8.42 Å². The van der Waals surface area contributed by atoms with Crippen LogP contribution < -0.4 is 5.73 Å². The van der Waals surface area contributed by atoms with Gasteiger partial charge in [-0.1, -0.05) is 18.2 Å². The lowest BCUT2D eigenvalue weighted by atomic mass is 9.89. The Bertz CT molecular complexity index is 1060. The van der Waals surface area contributed by atoms with Crippen LogP contribution in [0.5, 0.6) is 0 Å². The zero-order chi connectivity index (χ0) is 19.0. The molecule has 2 aromatic carbocycles. The van der Waals surface area contributed by atoms with Gasteiger partial charge in [-0.15, -0.1) is 0 Å². The fourth-order valence-electron chi connectivity index (χ4n) is 4.01. The molecule has 0 aliphatic carbocycles. The minimum absolute atomic E-state index is 0.175. The first-order valence-corrected chi connectivity index (χ1v) is 11.0. The number of aromatic nitrogens is 1. The molecule has 1 aliphatic heterocycles. The first-order chi connectivity index (χ1) is 13.0. The topological polar surface area (TPSA) is 79.2 Å². The number of nitrogen functional groups attached to an aromatic ring is 1. The molecule has 142 valence electrons. The van der Waals surface area contributed by atoms with Gasteiger partial charge in [0.25, 0.3) is 0 Å². The number of hydrogen-bond acceptors (Lipinski definition) is 3. The standard InChI is InChI=1S/C21H25N3O2S/c1-2-27(25,26)24-10-8-15(9-11-24)20-14-23-21-7-6-17(13-19(20)21)16-4-3-5-18(22)12-16/h3-7,12-15,23H,2,8-11,22H2,1H3. The van der Waals surface area contributed by atoms with Crippen LogP contribution in [0.4, 0.5) is 5.69 Å². The van der Waals surface area contributed by atoms with Gasteiger partial charge in [0, 0.05) is 35.9 Å². The lowest BCUT2D eigenvalue weighted by molar-refractivity contribution is 0.321. The highest BCUT2D eigenvalue weighted by Gasteiger charge is 2.28. The number of hydrogen-bond donors (Lipinski definition) is 2. The molecule has 1 fully saturated rings. The van der Waals surface area contributed by atoms with Crippen LogP contribution in [0.1, 0.15) is 31.2 Å². The molecule has 0 spiro atoms. The fraction of sp³-hybridized carbons (Fsp3) is 0.333. The van der Waals surface area contributed by atoms with Crippen molar-refractivity contribution >= 4 is 26.6 Å². The number of nitrogens with zero attached hydrogens (tertiary/aromatic N) is 1. The largest absolute Gasteiger partial charge is 0.399 e. The average molecular weight is 384 g/mol. The van der Waals surface area contributed by atoms with Crippen molar-refractivity contribution < 1.29 is 8.42 Å². The van der Waals surface area contributed by atoms with E-state index in [4.69, 9.17) is 5.73 Å². The van der Waals surface area contributed by atoms with Crippen LogP contribution >= 0.6 is 0 Å². The molecule has 0 radical (unpaired) electrons. The lowest BCUT2D eigenvalue weighted by Crippen LogP contribution is -2.38. The molecule has 6 heteroatoms. The number of fused-ring (bicyclic) bond motifs is 1. The highest BCUT2D eigenvalue weighted by molar-refractivity contribution is 7.89. The Kier molecular flexibility index (Phi) is 4.70. The molecule has 0 amide bonds. The van der Waals surface area contributed by atoms with Gasteiger partial charge in [0.1, 0.15) is 0 Å². The highest BCUT2D eigenvalue weighted by atomic mass is 32.2. The van der Waals surface area contributed by atoms with Gasteiger partial charge in [-0.05, 0) is 66.6 Å². The molecule has 3 aromatic rings.